The fourth-order valence-electron chi connectivity index (χ4n) is 3.25. The number of hydrogen-bond donors (Lipinski definition) is 5. The molecule has 0 aliphatic carbocycles. The lowest BCUT2D eigenvalue weighted by atomic mass is 10.1. The molecule has 0 aliphatic heterocycles. The van der Waals surface area contributed by atoms with Gasteiger partial charge in [0.1, 0.15) is 17.3 Å². The van der Waals surface area contributed by atoms with E-state index in [1.54, 1.807) is 42.6 Å². The number of aromatic amines is 2. The van der Waals surface area contributed by atoms with Gasteiger partial charge in [0.2, 0.25) is 0 Å². The van der Waals surface area contributed by atoms with Gasteiger partial charge >= 0.3 is 6.18 Å². The summed E-state index contributed by atoms with van der Waals surface area (Å²) < 4.78 is 43.8. The number of amides is 1. The zero-order chi connectivity index (χ0) is 23.6. The van der Waals surface area contributed by atoms with E-state index in [-0.39, 0.29) is 17.9 Å². The fraction of sp³-hybridized carbons (Fsp3) is 0.182. The van der Waals surface area contributed by atoms with Crippen molar-refractivity contribution in [2.75, 3.05) is 6.54 Å². The van der Waals surface area contributed by atoms with Gasteiger partial charge in [0, 0.05) is 22.7 Å². The van der Waals surface area contributed by atoms with Crippen LogP contribution in [0.5, 0.6) is 11.5 Å². The number of aliphatic hydroxyl groups excluding tert-OH is 2. The van der Waals surface area contributed by atoms with E-state index in [4.69, 9.17) is 4.74 Å². The predicted octanol–water partition coefficient (Wildman–Crippen LogP) is 3.50. The number of benzene rings is 2. The second-order valence-corrected chi connectivity index (χ2v) is 7.19. The molecule has 2 aromatic carbocycles. The number of carbonyl (C=O) groups excluding carboxylic acids is 1. The average Bonchev–Trinajstić information content (AvgIpc) is 3.46. The minimum atomic E-state index is -4.85. The van der Waals surface area contributed by atoms with Crippen molar-refractivity contribution < 1.29 is 32.9 Å². The van der Waals surface area contributed by atoms with Gasteiger partial charge in [-0.1, -0.05) is 12.1 Å². The Bertz CT molecular complexity index is 1280. The monoisotopic (exact) mass is 460 g/mol. The summed E-state index contributed by atoms with van der Waals surface area (Å²) in [6, 6.07) is 11.6. The Morgan fingerprint density at radius 1 is 1.21 bits per heavy atom. The molecule has 4 rings (SSSR count). The molecule has 11 heteroatoms. The lowest BCUT2D eigenvalue weighted by Crippen LogP contribution is -2.40. The number of halogens is 3. The first-order valence-electron chi connectivity index (χ1n) is 9.82. The lowest BCUT2D eigenvalue weighted by Gasteiger charge is -2.17. The third-order valence-electron chi connectivity index (χ3n) is 4.89. The molecule has 0 saturated heterocycles. The molecule has 0 saturated carbocycles. The van der Waals surface area contributed by atoms with Crippen molar-refractivity contribution >= 4 is 16.8 Å². The van der Waals surface area contributed by atoms with Crippen LogP contribution >= 0.6 is 0 Å². The first kappa shape index (κ1) is 22.4. The molecule has 172 valence electrons. The minimum Gasteiger partial charge on any atom is -0.456 e. The molecule has 0 radical (unpaired) electrons. The smallest absolute Gasteiger partial charge is 0.416 e. The van der Waals surface area contributed by atoms with Crippen molar-refractivity contribution in [2.24, 2.45) is 0 Å². The van der Waals surface area contributed by atoms with Crippen LogP contribution < -0.4 is 10.1 Å². The third-order valence-corrected chi connectivity index (χ3v) is 4.89. The summed E-state index contributed by atoms with van der Waals surface area (Å²) in [6.07, 6.45) is -4.45. The molecule has 0 fully saturated rings. The first-order chi connectivity index (χ1) is 15.8. The molecule has 8 nitrogen and oxygen atoms in total. The van der Waals surface area contributed by atoms with E-state index in [0.717, 1.165) is 0 Å². The summed E-state index contributed by atoms with van der Waals surface area (Å²) >= 11 is 0. The molecule has 4 aromatic rings. The number of imidazole rings is 1. The van der Waals surface area contributed by atoms with Gasteiger partial charge < -0.3 is 30.2 Å². The highest BCUT2D eigenvalue weighted by Gasteiger charge is 2.38. The maximum atomic E-state index is 12.8. The standard InChI is InChI=1S/C22H19F3N4O4/c23-22(24,25)18(31)10-28-21(32)19-15-6-7-26-16(15)4-5-17(19)33-14-3-1-2-12(8-14)20-27-9-13(11-30)29-20/h1-9,18,26,30-31H,10-11H2,(H,27,29)(H,28,32). The van der Waals surface area contributed by atoms with Crippen LogP contribution in [0.15, 0.2) is 54.9 Å². The van der Waals surface area contributed by atoms with Crippen LogP contribution in [0.4, 0.5) is 13.2 Å². The summed E-state index contributed by atoms with van der Waals surface area (Å²) in [7, 11) is 0. The van der Waals surface area contributed by atoms with Crippen LogP contribution in [0, 0.1) is 0 Å². The summed E-state index contributed by atoms with van der Waals surface area (Å²) in [5.74, 6) is 0.153. The second kappa shape index (κ2) is 8.96. The highest BCUT2D eigenvalue weighted by atomic mass is 19.4. The van der Waals surface area contributed by atoms with Crippen LogP contribution in [0.2, 0.25) is 0 Å². The second-order valence-electron chi connectivity index (χ2n) is 7.19. The van der Waals surface area contributed by atoms with Crippen LogP contribution in [-0.2, 0) is 6.61 Å². The minimum absolute atomic E-state index is 0.0223. The van der Waals surface area contributed by atoms with Gasteiger partial charge in [-0.15, -0.1) is 0 Å². The van der Waals surface area contributed by atoms with E-state index in [1.807, 2.05) is 0 Å². The Hall–Kier alpha value is -3.83. The van der Waals surface area contributed by atoms with Gasteiger partial charge in [0.25, 0.3) is 5.91 Å². The predicted molar refractivity (Wildman–Crippen MR) is 113 cm³/mol. The molecule has 1 unspecified atom stereocenters. The van der Waals surface area contributed by atoms with Crippen molar-refractivity contribution in [1.82, 2.24) is 20.3 Å². The molecule has 1 atom stereocenters. The normalized spacial score (nSPS) is 12.6. The Balaban J connectivity index is 1.63. The quantitative estimate of drug-likeness (QED) is 0.289. The maximum absolute atomic E-state index is 12.8. The average molecular weight is 460 g/mol. The Labute approximate surface area is 185 Å². The molecular weight excluding hydrogens is 441 g/mol. The number of carbonyl (C=O) groups is 1. The number of ether oxygens (including phenoxy) is 1. The third kappa shape index (κ3) is 4.83. The largest absolute Gasteiger partial charge is 0.456 e. The maximum Gasteiger partial charge on any atom is 0.416 e. The Morgan fingerprint density at radius 3 is 2.76 bits per heavy atom. The number of rotatable bonds is 7. The van der Waals surface area contributed by atoms with E-state index < -0.39 is 24.7 Å². The van der Waals surface area contributed by atoms with Crippen LogP contribution in [0.25, 0.3) is 22.3 Å². The molecule has 0 spiro atoms. The van der Waals surface area contributed by atoms with Gasteiger partial charge in [-0.05, 0) is 30.3 Å². The highest BCUT2D eigenvalue weighted by molar-refractivity contribution is 6.09. The van der Waals surface area contributed by atoms with Crippen LogP contribution in [-0.4, -0.2) is 49.9 Å². The SMILES string of the molecule is O=C(NCC(O)C(F)(F)F)c1c(Oc2cccc(-c3ncc(CO)[nH]3)c2)ccc2[nH]ccc12. The summed E-state index contributed by atoms with van der Waals surface area (Å²) in [4.78, 5) is 22.9. The lowest BCUT2D eigenvalue weighted by molar-refractivity contribution is -0.201. The summed E-state index contributed by atoms with van der Waals surface area (Å²) in [5, 5.41) is 21.0. The number of aliphatic hydroxyl groups is 2. The molecule has 0 bridgehead atoms. The van der Waals surface area contributed by atoms with Crippen molar-refractivity contribution in [3.63, 3.8) is 0 Å². The number of hydrogen-bond acceptors (Lipinski definition) is 5. The number of fused-ring (bicyclic) bond motifs is 1. The van der Waals surface area contributed by atoms with Gasteiger partial charge in [-0.25, -0.2) is 4.98 Å². The highest BCUT2D eigenvalue weighted by Crippen LogP contribution is 2.33. The number of H-pyrrole nitrogens is 2. The van der Waals surface area contributed by atoms with Gasteiger partial charge in [-0.3, -0.25) is 4.79 Å². The molecule has 2 heterocycles. The zero-order valence-electron chi connectivity index (χ0n) is 17.0. The summed E-state index contributed by atoms with van der Waals surface area (Å²) in [5.41, 5.74) is 1.81. The molecule has 33 heavy (non-hydrogen) atoms. The Kier molecular flexibility index (Phi) is 6.07. The number of nitrogens with one attached hydrogen (secondary N) is 3. The topological polar surface area (TPSA) is 123 Å². The molecular formula is C22H19F3N4O4. The van der Waals surface area contributed by atoms with E-state index in [9.17, 15) is 28.2 Å². The molecule has 2 aromatic heterocycles. The Morgan fingerprint density at radius 2 is 2.03 bits per heavy atom. The fourth-order valence-corrected chi connectivity index (χ4v) is 3.25. The van der Waals surface area contributed by atoms with Crippen molar-refractivity contribution in [2.45, 2.75) is 18.9 Å². The van der Waals surface area contributed by atoms with Gasteiger partial charge in [0.05, 0.1) is 30.6 Å². The molecule has 1 amide bonds. The number of nitrogens with zero attached hydrogens (tertiary/aromatic N) is 1. The van der Waals surface area contributed by atoms with Gasteiger partial charge in [-0.2, -0.15) is 13.2 Å². The van der Waals surface area contributed by atoms with Crippen molar-refractivity contribution in [3.8, 4) is 22.9 Å². The van der Waals surface area contributed by atoms with Crippen LogP contribution in [0.1, 0.15) is 16.1 Å². The van der Waals surface area contributed by atoms with Crippen molar-refractivity contribution in [3.05, 3.63) is 66.1 Å². The van der Waals surface area contributed by atoms with Crippen LogP contribution in [0.3, 0.4) is 0 Å². The molecule has 5 N–H and O–H groups in total. The van der Waals surface area contributed by atoms with Crippen molar-refractivity contribution in [1.29, 1.82) is 0 Å². The zero-order valence-corrected chi connectivity index (χ0v) is 17.0. The first-order valence-corrected chi connectivity index (χ1v) is 9.82. The number of aromatic nitrogens is 3. The van der Waals surface area contributed by atoms with Gasteiger partial charge in [0.15, 0.2) is 6.10 Å². The molecule has 0 aliphatic rings. The number of alkyl halides is 3. The van der Waals surface area contributed by atoms with E-state index in [2.05, 4.69) is 20.3 Å². The van der Waals surface area contributed by atoms with E-state index >= 15 is 0 Å². The van der Waals surface area contributed by atoms with E-state index in [1.165, 1.54) is 12.3 Å². The van der Waals surface area contributed by atoms with E-state index in [0.29, 0.717) is 33.7 Å². The summed E-state index contributed by atoms with van der Waals surface area (Å²) in [6.45, 7) is -1.19.